The van der Waals surface area contributed by atoms with Crippen LogP contribution in [0.2, 0.25) is 0 Å². The normalized spacial score (nSPS) is 17.4. The van der Waals surface area contributed by atoms with E-state index in [-0.39, 0.29) is 24.1 Å². The summed E-state index contributed by atoms with van der Waals surface area (Å²) in [6, 6.07) is 5.14. The Bertz CT molecular complexity index is 825. The number of carbonyl (C=O) groups is 1. The number of hydrogen-bond acceptors (Lipinski definition) is 4. The fourth-order valence-corrected chi connectivity index (χ4v) is 2.97. The first-order chi connectivity index (χ1) is 11.1. The van der Waals surface area contributed by atoms with Gasteiger partial charge in [-0.1, -0.05) is 0 Å². The summed E-state index contributed by atoms with van der Waals surface area (Å²) in [5.41, 5.74) is 0.193. The van der Waals surface area contributed by atoms with Crippen molar-refractivity contribution < 1.29 is 4.79 Å². The molecular weight excluding hydrogens is 296 g/mol. The van der Waals surface area contributed by atoms with Crippen LogP contribution in [0.5, 0.6) is 0 Å². The summed E-state index contributed by atoms with van der Waals surface area (Å²) in [6.45, 7) is 0.612. The molecule has 1 amide bonds. The standard InChI is InChI=1S/C16H18N4O3/c1-18-14(21)6-10-19(16(18)23)11-15(22)20-9-2-3-13(20)12-4-7-17-8-5-12/h4-8,10,13H,2-3,9,11H2,1H3/t13-/m0/s1. The quantitative estimate of drug-likeness (QED) is 0.817. The Morgan fingerprint density at radius 2 is 2.00 bits per heavy atom. The second-order valence-corrected chi connectivity index (χ2v) is 5.65. The molecule has 0 radical (unpaired) electrons. The molecule has 1 aliphatic rings. The van der Waals surface area contributed by atoms with E-state index >= 15 is 0 Å². The Balaban J connectivity index is 1.82. The molecule has 0 unspecified atom stereocenters. The van der Waals surface area contributed by atoms with E-state index < -0.39 is 5.69 Å². The number of hydrogen-bond donors (Lipinski definition) is 0. The third-order valence-corrected chi connectivity index (χ3v) is 4.23. The Kier molecular flexibility index (Phi) is 4.10. The van der Waals surface area contributed by atoms with Gasteiger partial charge in [0, 0.05) is 38.2 Å². The van der Waals surface area contributed by atoms with Crippen molar-refractivity contribution in [3.8, 4) is 0 Å². The molecule has 1 atom stereocenters. The highest BCUT2D eigenvalue weighted by Gasteiger charge is 2.30. The lowest BCUT2D eigenvalue weighted by Crippen LogP contribution is -2.41. The van der Waals surface area contributed by atoms with Crippen molar-refractivity contribution in [1.82, 2.24) is 19.0 Å². The van der Waals surface area contributed by atoms with Crippen LogP contribution in [-0.4, -0.2) is 31.5 Å². The molecule has 0 aromatic carbocycles. The molecule has 0 aliphatic carbocycles. The Hall–Kier alpha value is -2.70. The molecule has 1 aliphatic heterocycles. The largest absolute Gasteiger partial charge is 0.334 e. The van der Waals surface area contributed by atoms with Crippen LogP contribution >= 0.6 is 0 Å². The van der Waals surface area contributed by atoms with Crippen LogP contribution in [0.3, 0.4) is 0 Å². The molecule has 7 heteroatoms. The summed E-state index contributed by atoms with van der Waals surface area (Å²) < 4.78 is 2.27. The van der Waals surface area contributed by atoms with Gasteiger partial charge in [0.1, 0.15) is 6.54 Å². The van der Waals surface area contributed by atoms with Crippen molar-refractivity contribution in [3.05, 3.63) is 63.2 Å². The minimum atomic E-state index is -0.481. The van der Waals surface area contributed by atoms with Crippen molar-refractivity contribution in [1.29, 1.82) is 0 Å². The van der Waals surface area contributed by atoms with Crippen LogP contribution in [0.1, 0.15) is 24.4 Å². The number of rotatable bonds is 3. The number of likely N-dealkylation sites (tertiary alicyclic amines) is 1. The molecule has 120 valence electrons. The van der Waals surface area contributed by atoms with E-state index in [9.17, 15) is 14.4 Å². The van der Waals surface area contributed by atoms with Gasteiger partial charge in [-0.05, 0) is 30.5 Å². The SMILES string of the molecule is Cn1c(=O)ccn(CC(=O)N2CCC[C@H]2c2ccncc2)c1=O. The van der Waals surface area contributed by atoms with Crippen LogP contribution in [-0.2, 0) is 18.4 Å². The highest BCUT2D eigenvalue weighted by Crippen LogP contribution is 2.31. The molecule has 3 rings (SSSR count). The van der Waals surface area contributed by atoms with Crippen molar-refractivity contribution in [2.24, 2.45) is 7.05 Å². The van der Waals surface area contributed by atoms with Crippen molar-refractivity contribution >= 4 is 5.91 Å². The van der Waals surface area contributed by atoms with E-state index in [2.05, 4.69) is 4.98 Å². The van der Waals surface area contributed by atoms with Crippen molar-refractivity contribution in [3.63, 3.8) is 0 Å². The third-order valence-electron chi connectivity index (χ3n) is 4.23. The zero-order chi connectivity index (χ0) is 16.4. The van der Waals surface area contributed by atoms with Gasteiger partial charge in [0.05, 0.1) is 6.04 Å². The monoisotopic (exact) mass is 314 g/mol. The lowest BCUT2D eigenvalue weighted by atomic mass is 10.1. The molecule has 2 aromatic rings. The fraction of sp³-hybridized carbons (Fsp3) is 0.375. The van der Waals surface area contributed by atoms with Crippen LogP contribution in [0.15, 0.2) is 46.4 Å². The summed E-state index contributed by atoms with van der Waals surface area (Å²) in [7, 11) is 1.40. The maximum atomic E-state index is 12.6. The fourth-order valence-electron chi connectivity index (χ4n) is 2.97. The average Bonchev–Trinajstić information content (AvgIpc) is 3.06. The average molecular weight is 314 g/mol. The van der Waals surface area contributed by atoms with Crippen LogP contribution in [0, 0.1) is 0 Å². The summed E-state index contributed by atoms with van der Waals surface area (Å²) in [5, 5.41) is 0. The molecule has 0 saturated carbocycles. The maximum absolute atomic E-state index is 12.6. The van der Waals surface area contributed by atoms with Crippen LogP contribution in [0.4, 0.5) is 0 Å². The van der Waals surface area contributed by atoms with Gasteiger partial charge in [0.2, 0.25) is 5.91 Å². The molecule has 1 saturated heterocycles. The molecule has 23 heavy (non-hydrogen) atoms. The van der Waals surface area contributed by atoms with E-state index in [1.165, 1.54) is 23.9 Å². The molecular formula is C16H18N4O3. The van der Waals surface area contributed by atoms with Gasteiger partial charge in [0.25, 0.3) is 5.56 Å². The van der Waals surface area contributed by atoms with Gasteiger partial charge in [-0.25, -0.2) is 4.79 Å². The first-order valence-electron chi connectivity index (χ1n) is 7.54. The predicted octanol–water partition coefficient (Wildman–Crippen LogP) is 0.306. The van der Waals surface area contributed by atoms with Gasteiger partial charge >= 0.3 is 5.69 Å². The Morgan fingerprint density at radius 3 is 2.74 bits per heavy atom. The van der Waals surface area contributed by atoms with Gasteiger partial charge in [-0.3, -0.25) is 23.7 Å². The summed E-state index contributed by atoms with van der Waals surface area (Å²) in [6.07, 6.45) is 6.64. The smallest absolute Gasteiger partial charge is 0.331 e. The first kappa shape index (κ1) is 15.2. The highest BCUT2D eigenvalue weighted by atomic mass is 16.2. The second-order valence-electron chi connectivity index (χ2n) is 5.65. The first-order valence-corrected chi connectivity index (χ1v) is 7.54. The predicted molar refractivity (Wildman–Crippen MR) is 83.9 cm³/mol. The topological polar surface area (TPSA) is 77.2 Å². The summed E-state index contributed by atoms with van der Waals surface area (Å²) in [4.78, 5) is 41.9. The lowest BCUT2D eigenvalue weighted by Gasteiger charge is -2.25. The Morgan fingerprint density at radius 1 is 1.26 bits per heavy atom. The van der Waals surface area contributed by atoms with Crippen molar-refractivity contribution in [2.75, 3.05) is 6.54 Å². The van der Waals surface area contributed by atoms with E-state index in [4.69, 9.17) is 0 Å². The van der Waals surface area contributed by atoms with E-state index in [0.717, 1.165) is 23.0 Å². The molecule has 3 heterocycles. The highest BCUT2D eigenvalue weighted by molar-refractivity contribution is 5.76. The number of aromatic nitrogens is 3. The molecule has 0 spiro atoms. The molecule has 1 fully saturated rings. The van der Waals surface area contributed by atoms with E-state index in [1.54, 1.807) is 17.3 Å². The minimum absolute atomic E-state index is 0.0220. The second kappa shape index (κ2) is 6.20. The Labute approximate surface area is 132 Å². The number of carbonyl (C=O) groups excluding carboxylic acids is 1. The van der Waals surface area contributed by atoms with E-state index in [1.807, 2.05) is 12.1 Å². The van der Waals surface area contributed by atoms with Crippen molar-refractivity contribution in [2.45, 2.75) is 25.4 Å². The number of pyridine rings is 1. The zero-order valence-electron chi connectivity index (χ0n) is 12.9. The van der Waals surface area contributed by atoms with Gasteiger partial charge in [0.15, 0.2) is 0 Å². The van der Waals surface area contributed by atoms with Crippen LogP contribution < -0.4 is 11.2 Å². The molecule has 0 N–H and O–H groups in total. The molecule has 2 aromatic heterocycles. The van der Waals surface area contributed by atoms with Gasteiger partial charge in [-0.2, -0.15) is 0 Å². The lowest BCUT2D eigenvalue weighted by molar-refractivity contribution is -0.132. The van der Waals surface area contributed by atoms with E-state index in [0.29, 0.717) is 6.54 Å². The minimum Gasteiger partial charge on any atom is -0.334 e. The summed E-state index contributed by atoms with van der Waals surface area (Å²) >= 11 is 0. The molecule has 7 nitrogen and oxygen atoms in total. The zero-order valence-corrected chi connectivity index (χ0v) is 12.9. The summed E-state index contributed by atoms with van der Waals surface area (Å²) in [5.74, 6) is -0.120. The number of nitrogens with zero attached hydrogens (tertiary/aromatic N) is 4. The van der Waals surface area contributed by atoms with Crippen LogP contribution in [0.25, 0.3) is 0 Å². The van der Waals surface area contributed by atoms with Gasteiger partial charge in [-0.15, -0.1) is 0 Å². The molecule has 0 bridgehead atoms. The maximum Gasteiger partial charge on any atom is 0.331 e. The van der Waals surface area contributed by atoms with Gasteiger partial charge < -0.3 is 4.90 Å². The third kappa shape index (κ3) is 2.94. The number of amides is 1.